The van der Waals surface area contributed by atoms with Crippen molar-refractivity contribution in [3.63, 3.8) is 0 Å². The van der Waals surface area contributed by atoms with Crippen LogP contribution in [0.15, 0.2) is 5.11 Å². The van der Waals surface area contributed by atoms with Crippen molar-refractivity contribution in [2.24, 2.45) is 11.0 Å². The summed E-state index contributed by atoms with van der Waals surface area (Å²) in [5.74, 6) is -0.846. The highest BCUT2D eigenvalue weighted by molar-refractivity contribution is 5.82. The van der Waals surface area contributed by atoms with E-state index in [4.69, 9.17) is 15.0 Å². The fraction of sp³-hybridized carbons (Fsp3) is 0.875. The molecule has 0 aliphatic heterocycles. The molecule has 0 aromatic heterocycles. The van der Waals surface area contributed by atoms with Crippen LogP contribution in [0.5, 0.6) is 0 Å². The van der Waals surface area contributed by atoms with Crippen LogP contribution < -0.4 is 5.32 Å². The molecule has 0 aromatic carbocycles. The Balaban J connectivity index is 2.96. The topological polar surface area (TPSA) is 113 Å². The third-order valence-electron chi connectivity index (χ3n) is 3.49. The molecular formula is C16H28N4O4. The summed E-state index contributed by atoms with van der Waals surface area (Å²) in [7, 11) is 0. The zero-order valence-electron chi connectivity index (χ0n) is 15.3. The Hall–Kier alpha value is -1.95. The third kappa shape index (κ3) is 6.66. The molecule has 8 nitrogen and oxygen atoms in total. The fourth-order valence-corrected chi connectivity index (χ4v) is 2.71. The van der Waals surface area contributed by atoms with Gasteiger partial charge in [-0.2, -0.15) is 0 Å². The number of carbonyl (C=O) groups is 2. The zero-order chi connectivity index (χ0) is 18.5. The van der Waals surface area contributed by atoms with Gasteiger partial charge < -0.3 is 14.8 Å². The monoisotopic (exact) mass is 340 g/mol. The second-order valence-corrected chi connectivity index (χ2v) is 8.02. The number of azide groups is 1. The van der Waals surface area contributed by atoms with Gasteiger partial charge in [0.05, 0.1) is 0 Å². The Labute approximate surface area is 142 Å². The molecule has 1 unspecified atom stereocenters. The second-order valence-electron chi connectivity index (χ2n) is 8.02. The van der Waals surface area contributed by atoms with Crippen molar-refractivity contribution >= 4 is 12.1 Å². The maximum Gasteiger partial charge on any atom is 0.408 e. The van der Waals surface area contributed by atoms with Crippen LogP contribution in [0.4, 0.5) is 4.79 Å². The molecule has 1 aliphatic carbocycles. The number of hydrogen-bond donors (Lipinski definition) is 1. The molecule has 136 valence electrons. The van der Waals surface area contributed by atoms with E-state index in [1.54, 1.807) is 41.5 Å². The van der Waals surface area contributed by atoms with E-state index < -0.39 is 29.3 Å². The van der Waals surface area contributed by atoms with Gasteiger partial charge >= 0.3 is 12.1 Å². The summed E-state index contributed by atoms with van der Waals surface area (Å²) < 4.78 is 10.7. The largest absolute Gasteiger partial charge is 0.458 e. The van der Waals surface area contributed by atoms with Crippen LogP contribution in [0.3, 0.4) is 0 Å². The molecular weight excluding hydrogens is 312 g/mol. The van der Waals surface area contributed by atoms with E-state index in [-0.39, 0.29) is 12.0 Å². The van der Waals surface area contributed by atoms with Gasteiger partial charge in [0.25, 0.3) is 0 Å². The molecule has 3 atom stereocenters. The predicted molar refractivity (Wildman–Crippen MR) is 89.3 cm³/mol. The highest BCUT2D eigenvalue weighted by Gasteiger charge is 2.40. The Bertz CT molecular complexity index is 515. The molecule has 24 heavy (non-hydrogen) atoms. The Morgan fingerprint density at radius 1 is 1.12 bits per heavy atom. The van der Waals surface area contributed by atoms with Gasteiger partial charge in [-0.15, -0.1) is 0 Å². The molecule has 1 rings (SSSR count). The van der Waals surface area contributed by atoms with Crippen molar-refractivity contribution in [2.45, 2.75) is 84.1 Å². The summed E-state index contributed by atoms with van der Waals surface area (Å²) in [5.41, 5.74) is 7.36. The summed E-state index contributed by atoms with van der Waals surface area (Å²) in [6, 6.07) is -1.25. The minimum Gasteiger partial charge on any atom is -0.458 e. The number of amides is 1. The smallest absolute Gasteiger partial charge is 0.408 e. The molecule has 0 spiro atoms. The number of rotatable bonds is 4. The minimum atomic E-state index is -0.905. The number of nitrogens with one attached hydrogen (secondary N) is 1. The van der Waals surface area contributed by atoms with E-state index in [0.29, 0.717) is 12.8 Å². The average molecular weight is 340 g/mol. The van der Waals surface area contributed by atoms with Crippen LogP contribution >= 0.6 is 0 Å². The summed E-state index contributed by atoms with van der Waals surface area (Å²) in [5, 5.41) is 6.37. The molecule has 0 bridgehead atoms. The first-order valence-electron chi connectivity index (χ1n) is 8.19. The van der Waals surface area contributed by atoms with Gasteiger partial charge in [0.1, 0.15) is 17.2 Å². The van der Waals surface area contributed by atoms with Crippen LogP contribution in [0.2, 0.25) is 0 Å². The molecule has 1 N–H and O–H groups in total. The summed E-state index contributed by atoms with van der Waals surface area (Å²) in [6.45, 7) is 10.5. The third-order valence-corrected chi connectivity index (χ3v) is 3.49. The van der Waals surface area contributed by atoms with E-state index in [0.717, 1.165) is 6.42 Å². The molecule has 1 fully saturated rings. The Morgan fingerprint density at radius 3 is 2.21 bits per heavy atom. The number of carbonyl (C=O) groups excluding carboxylic acids is 2. The second kappa shape index (κ2) is 7.75. The van der Waals surface area contributed by atoms with E-state index in [9.17, 15) is 9.59 Å². The summed E-state index contributed by atoms with van der Waals surface area (Å²) >= 11 is 0. The van der Waals surface area contributed by atoms with Crippen molar-refractivity contribution in [2.75, 3.05) is 0 Å². The Morgan fingerprint density at radius 2 is 1.71 bits per heavy atom. The number of ether oxygens (including phenoxy) is 2. The van der Waals surface area contributed by atoms with E-state index >= 15 is 0 Å². The Kier molecular flexibility index (Phi) is 6.49. The molecule has 8 heteroatoms. The van der Waals surface area contributed by atoms with Gasteiger partial charge in [-0.05, 0) is 65.8 Å². The van der Waals surface area contributed by atoms with Gasteiger partial charge in [0, 0.05) is 11.0 Å². The maximum atomic E-state index is 12.6. The first-order chi connectivity index (χ1) is 10.9. The standard InChI is InChI=1S/C16H28N4O4/c1-15(2,3)23-13(21)12(18-14(22)24-16(4,5)6)10-8-7-9-11(10)19-20-17/h10-12H,7-9H2,1-6H3,(H,18,22)/t10-,11+,12?/m1/s1. The van der Waals surface area contributed by atoms with Crippen LogP contribution in [-0.2, 0) is 14.3 Å². The molecule has 0 radical (unpaired) electrons. The SMILES string of the molecule is CC(C)(C)OC(=O)NC(C(=O)OC(C)(C)C)[C@@H]1CCC[C@@H]1N=[N+]=[N-]. The molecule has 0 saturated heterocycles. The van der Waals surface area contributed by atoms with E-state index in [1.165, 1.54) is 0 Å². The maximum absolute atomic E-state index is 12.6. The van der Waals surface area contributed by atoms with Crippen molar-refractivity contribution < 1.29 is 19.1 Å². The van der Waals surface area contributed by atoms with Crippen LogP contribution in [0.1, 0.15) is 60.8 Å². The molecule has 1 saturated carbocycles. The first-order valence-corrected chi connectivity index (χ1v) is 8.19. The van der Waals surface area contributed by atoms with Gasteiger partial charge in [-0.1, -0.05) is 11.5 Å². The normalized spacial score (nSPS) is 22.2. The number of esters is 1. The van der Waals surface area contributed by atoms with E-state index in [2.05, 4.69) is 15.3 Å². The lowest BCUT2D eigenvalue weighted by atomic mass is 9.94. The van der Waals surface area contributed by atoms with Gasteiger partial charge in [0.2, 0.25) is 0 Å². The van der Waals surface area contributed by atoms with Gasteiger partial charge in [-0.25, -0.2) is 9.59 Å². The zero-order valence-corrected chi connectivity index (χ0v) is 15.3. The number of nitrogens with zero attached hydrogens (tertiary/aromatic N) is 3. The molecule has 0 heterocycles. The molecule has 1 amide bonds. The highest BCUT2D eigenvalue weighted by atomic mass is 16.6. The minimum absolute atomic E-state index is 0.303. The average Bonchev–Trinajstić information content (AvgIpc) is 2.80. The first kappa shape index (κ1) is 20.1. The van der Waals surface area contributed by atoms with Crippen molar-refractivity contribution in [3.05, 3.63) is 10.4 Å². The van der Waals surface area contributed by atoms with Crippen LogP contribution in [-0.4, -0.2) is 35.3 Å². The quantitative estimate of drug-likeness (QED) is 0.364. The van der Waals surface area contributed by atoms with Crippen molar-refractivity contribution in [1.29, 1.82) is 0 Å². The van der Waals surface area contributed by atoms with Crippen molar-refractivity contribution in [1.82, 2.24) is 5.32 Å². The van der Waals surface area contributed by atoms with Gasteiger partial charge in [-0.3, -0.25) is 0 Å². The van der Waals surface area contributed by atoms with E-state index in [1.807, 2.05) is 0 Å². The number of hydrogen-bond acceptors (Lipinski definition) is 5. The predicted octanol–water partition coefficient (Wildman–Crippen LogP) is 3.70. The summed E-state index contributed by atoms with van der Waals surface area (Å²) in [4.78, 5) is 27.5. The lowest BCUT2D eigenvalue weighted by molar-refractivity contribution is -0.159. The fourth-order valence-electron chi connectivity index (χ4n) is 2.71. The molecule has 1 aliphatic rings. The highest BCUT2D eigenvalue weighted by Crippen LogP contribution is 2.32. The van der Waals surface area contributed by atoms with Gasteiger partial charge in [0.15, 0.2) is 0 Å². The van der Waals surface area contributed by atoms with Crippen LogP contribution in [0, 0.1) is 5.92 Å². The molecule has 0 aromatic rings. The number of alkyl carbamates (subject to hydrolysis) is 1. The van der Waals surface area contributed by atoms with Crippen LogP contribution in [0.25, 0.3) is 10.4 Å². The summed E-state index contributed by atoms with van der Waals surface area (Å²) in [6.07, 6.45) is 1.49. The van der Waals surface area contributed by atoms with Crippen molar-refractivity contribution in [3.8, 4) is 0 Å². The lowest BCUT2D eigenvalue weighted by Gasteiger charge is -2.30. The lowest BCUT2D eigenvalue weighted by Crippen LogP contribution is -2.51.